The maximum atomic E-state index is 11.3. The van der Waals surface area contributed by atoms with E-state index in [9.17, 15) is 38.4 Å². The standard InChI is InChI=1S/C12H15NO3.3C12H17NO.C9H19NO.C7H15NO2.C5H11NO/c1-8(14)11(13-2)7-9-3-5-10(6-4-9)12(15)16;1-9-5-4-6-11(7-9)8-12(13-3)10(2)14;1-9-6-4-5-7-11(9)8-12(13-3)10(2)14;1-10(14)12(13(2)3)9-11-7-5-4-6-8-11;1-7(2)6-9(8(3)11)10(4)5;1-5(9)7(6(2)10)8(3)4;1-5(7)4-6(2)3/h3-6,11,13H,7H2,1-2H3,(H,15,16);2*4-7,12-13H,8H2,1-3H3;4-8,12H,9H2,1-3H3;7,9H,6H2,1-5H3;5,7,9H,1-4H3;4H2,1-3H3/t11-;3*12-;9-;5-,7+;/m000001./s1. The first-order chi connectivity index (χ1) is 40.0. The van der Waals surface area contributed by atoms with Gasteiger partial charge in [-0.3, -0.25) is 48.3 Å². The van der Waals surface area contributed by atoms with Gasteiger partial charge in [0.25, 0.3) is 0 Å². The van der Waals surface area contributed by atoms with Gasteiger partial charge in [0.2, 0.25) is 0 Å². The van der Waals surface area contributed by atoms with E-state index in [1.807, 2.05) is 107 Å². The van der Waals surface area contributed by atoms with Crippen LogP contribution in [0.5, 0.6) is 0 Å². The Morgan fingerprint density at radius 2 is 0.884 bits per heavy atom. The molecule has 0 heterocycles. The zero-order valence-electron chi connectivity index (χ0n) is 56.6. The van der Waals surface area contributed by atoms with Gasteiger partial charge in [-0.15, -0.1) is 0 Å². The summed E-state index contributed by atoms with van der Waals surface area (Å²) in [5.41, 5.74) is 7.34. The van der Waals surface area contributed by atoms with Gasteiger partial charge in [0.05, 0.1) is 54.5 Å². The molecule has 0 aliphatic heterocycles. The number of carbonyl (C=O) groups is 8. The third-order valence-electron chi connectivity index (χ3n) is 13.5. The number of aliphatic hydroxyl groups is 1. The number of aryl methyl sites for hydroxylation is 2. The van der Waals surface area contributed by atoms with Crippen molar-refractivity contribution in [3.8, 4) is 0 Å². The fraction of sp³-hybridized carbons (Fsp3) is 0.536. The van der Waals surface area contributed by atoms with Crippen LogP contribution < -0.4 is 16.0 Å². The van der Waals surface area contributed by atoms with Gasteiger partial charge >= 0.3 is 5.97 Å². The fourth-order valence-corrected chi connectivity index (χ4v) is 8.79. The van der Waals surface area contributed by atoms with Crippen molar-refractivity contribution in [3.63, 3.8) is 0 Å². The number of rotatable bonds is 26. The van der Waals surface area contributed by atoms with Gasteiger partial charge in [0, 0.05) is 0 Å². The van der Waals surface area contributed by atoms with Crippen molar-refractivity contribution in [1.82, 2.24) is 35.6 Å². The van der Waals surface area contributed by atoms with Gasteiger partial charge in [-0.25, -0.2) is 4.79 Å². The van der Waals surface area contributed by atoms with E-state index in [0.29, 0.717) is 18.9 Å². The molecule has 0 fully saturated rings. The van der Waals surface area contributed by atoms with E-state index in [0.717, 1.165) is 31.2 Å². The Labute approximate surface area is 518 Å². The summed E-state index contributed by atoms with van der Waals surface area (Å²) in [5, 5.41) is 26.8. The molecular weight excluding hydrogens is 1090 g/mol. The quantitative estimate of drug-likeness (QED) is 0.0403. The van der Waals surface area contributed by atoms with Crippen LogP contribution in [0.3, 0.4) is 0 Å². The lowest BCUT2D eigenvalue weighted by molar-refractivity contribution is -0.125. The Kier molecular flexibility index (Phi) is 45.7. The number of ketones is 7. The summed E-state index contributed by atoms with van der Waals surface area (Å²) in [6.07, 6.45) is 3.29. The lowest BCUT2D eigenvalue weighted by Gasteiger charge is -2.23. The number of aliphatic hydroxyl groups excluding tert-OH is 1. The van der Waals surface area contributed by atoms with E-state index >= 15 is 0 Å². The first-order valence-electron chi connectivity index (χ1n) is 29.3. The molecule has 0 radical (unpaired) electrons. The second-order valence-electron chi connectivity index (χ2n) is 23.1. The van der Waals surface area contributed by atoms with Crippen LogP contribution in [0.2, 0.25) is 0 Å². The summed E-state index contributed by atoms with van der Waals surface area (Å²) in [4.78, 5) is 95.2. The summed E-state index contributed by atoms with van der Waals surface area (Å²) >= 11 is 0. The molecule has 0 saturated carbocycles. The first kappa shape index (κ1) is 83.9. The molecule has 0 spiro atoms. The number of nitrogens with zero attached hydrogens (tertiary/aromatic N) is 4. The number of nitrogens with one attached hydrogen (secondary N) is 3. The van der Waals surface area contributed by atoms with E-state index < -0.39 is 12.1 Å². The third-order valence-corrected chi connectivity index (χ3v) is 13.5. The van der Waals surface area contributed by atoms with Crippen molar-refractivity contribution >= 4 is 46.5 Å². The van der Waals surface area contributed by atoms with Crippen LogP contribution in [0.4, 0.5) is 0 Å². The summed E-state index contributed by atoms with van der Waals surface area (Å²) in [7, 11) is 20.5. The van der Waals surface area contributed by atoms with Crippen molar-refractivity contribution in [1.29, 1.82) is 0 Å². The Balaban J connectivity index is -0.000000946. The molecule has 5 N–H and O–H groups in total. The lowest BCUT2D eigenvalue weighted by atomic mass is 9.99. The predicted molar refractivity (Wildman–Crippen MR) is 352 cm³/mol. The topological polar surface area (TPSA) is 226 Å². The maximum Gasteiger partial charge on any atom is 0.335 e. The van der Waals surface area contributed by atoms with Gasteiger partial charge in [-0.1, -0.05) is 110 Å². The highest BCUT2D eigenvalue weighted by Gasteiger charge is 2.22. The normalized spacial score (nSPS) is 13.0. The number of benzene rings is 4. The molecule has 86 heavy (non-hydrogen) atoms. The number of carboxylic acid groups (broad SMARTS) is 1. The molecule has 0 aromatic heterocycles. The Hall–Kier alpha value is -6.28. The highest BCUT2D eigenvalue weighted by atomic mass is 16.4. The van der Waals surface area contributed by atoms with Crippen molar-refractivity contribution in [2.24, 2.45) is 5.92 Å². The van der Waals surface area contributed by atoms with Gasteiger partial charge in [0.15, 0.2) is 0 Å². The molecule has 4 rings (SSSR count). The summed E-state index contributed by atoms with van der Waals surface area (Å²) in [6, 6.07) is 32.5. The number of carboxylic acids is 1. The monoisotopic (exact) mass is 1200 g/mol. The van der Waals surface area contributed by atoms with Crippen LogP contribution in [-0.2, 0) is 59.2 Å². The number of hydrogen-bond acceptors (Lipinski definition) is 16. The second-order valence-corrected chi connectivity index (χ2v) is 23.1. The molecule has 0 saturated heterocycles. The minimum atomic E-state index is -0.941. The lowest BCUT2D eigenvalue weighted by Crippen LogP contribution is -2.42. The summed E-state index contributed by atoms with van der Waals surface area (Å²) in [6.45, 7) is 21.7. The molecule has 17 heteroatoms. The van der Waals surface area contributed by atoms with Crippen LogP contribution in [0.25, 0.3) is 0 Å². The van der Waals surface area contributed by atoms with E-state index in [-0.39, 0.29) is 82.3 Å². The highest BCUT2D eigenvalue weighted by Crippen LogP contribution is 2.13. The molecule has 482 valence electrons. The van der Waals surface area contributed by atoms with Gasteiger partial charge < -0.3 is 31.1 Å². The summed E-state index contributed by atoms with van der Waals surface area (Å²) in [5.74, 6) is 0.803. The Bertz CT molecular complexity index is 2580. The van der Waals surface area contributed by atoms with Gasteiger partial charge in [-0.2, -0.15) is 0 Å². The van der Waals surface area contributed by atoms with E-state index in [1.54, 1.807) is 91.9 Å². The van der Waals surface area contributed by atoms with Gasteiger partial charge in [0.1, 0.15) is 40.5 Å². The SMILES string of the molecule is CC(=O)CN(C)C.CC(=O)[C@H](CC(C)C)N(C)C.CC(=O)[C@H](Cc1ccccc1)N(C)C.CC(=O)[C@H]([C@@H](C)O)N(C)C.CN[C@@H](Cc1ccc(C(=O)O)cc1)C(C)=O.CN[C@@H](Cc1cccc(C)c1)C(C)=O.CN[C@@H](Cc1ccccc1C)C(C)=O. The molecule has 4 aromatic carbocycles. The van der Waals surface area contributed by atoms with Crippen molar-refractivity contribution in [3.05, 3.63) is 142 Å². The number of Topliss-reactive ketones (excluding diaryl/α,β-unsaturated/α-hetero) is 7. The number of likely N-dealkylation sites (N-methyl/N-ethyl adjacent to an activating group) is 7. The first-order valence-corrected chi connectivity index (χ1v) is 29.3. The number of hydrogen-bond donors (Lipinski definition) is 5. The average molecular weight is 1200 g/mol. The van der Waals surface area contributed by atoms with Crippen LogP contribution in [0, 0.1) is 19.8 Å². The second kappa shape index (κ2) is 46.9. The molecule has 0 aliphatic rings. The molecule has 7 atom stereocenters. The van der Waals surface area contributed by atoms with Crippen LogP contribution in [0.15, 0.2) is 103 Å². The number of carbonyl (C=O) groups excluding carboxylic acids is 7. The van der Waals surface area contributed by atoms with Crippen molar-refractivity contribution in [2.75, 3.05) is 84.1 Å². The molecule has 0 amide bonds. The van der Waals surface area contributed by atoms with Gasteiger partial charge in [-0.05, 0) is 225 Å². The molecule has 0 bridgehead atoms. The fourth-order valence-electron chi connectivity index (χ4n) is 8.79. The minimum Gasteiger partial charge on any atom is -0.478 e. The zero-order chi connectivity index (χ0) is 67.0. The van der Waals surface area contributed by atoms with Crippen LogP contribution in [0.1, 0.15) is 119 Å². The largest absolute Gasteiger partial charge is 0.478 e. The predicted octanol–water partition coefficient (Wildman–Crippen LogP) is 7.86. The van der Waals surface area contributed by atoms with E-state index in [2.05, 4.69) is 86.1 Å². The molecular formula is C69H111N7O10. The van der Waals surface area contributed by atoms with E-state index in [1.165, 1.54) is 41.7 Å². The Morgan fingerprint density at radius 3 is 1.19 bits per heavy atom. The molecule has 0 aliphatic carbocycles. The molecule has 4 aromatic rings. The molecule has 0 unspecified atom stereocenters. The minimum absolute atomic E-state index is 0.000000000000000666. The average Bonchev–Trinajstić information content (AvgIpc) is 3.63. The van der Waals surface area contributed by atoms with Crippen molar-refractivity contribution < 1.29 is 48.6 Å². The highest BCUT2D eigenvalue weighted by molar-refractivity contribution is 5.88. The van der Waals surface area contributed by atoms with Crippen LogP contribution >= 0.6 is 0 Å². The van der Waals surface area contributed by atoms with E-state index in [4.69, 9.17) is 10.2 Å². The third kappa shape index (κ3) is 40.2. The zero-order valence-corrected chi connectivity index (χ0v) is 56.6. The molecule has 17 nitrogen and oxygen atoms in total. The van der Waals surface area contributed by atoms with Crippen molar-refractivity contribution in [2.45, 2.75) is 158 Å². The van der Waals surface area contributed by atoms with Crippen LogP contribution in [-0.4, -0.2) is 203 Å². The Morgan fingerprint density at radius 1 is 0.465 bits per heavy atom. The number of aromatic carboxylic acids is 1. The smallest absolute Gasteiger partial charge is 0.335 e. The maximum absolute atomic E-state index is 11.3. The summed E-state index contributed by atoms with van der Waals surface area (Å²) < 4.78 is 0.